The zero-order valence-electron chi connectivity index (χ0n) is 26.3. The maximum absolute atomic E-state index is 14.1. The molecule has 1 aliphatic heterocycles. The van der Waals surface area contributed by atoms with Crippen molar-refractivity contribution in [2.75, 3.05) is 30.9 Å². The van der Waals surface area contributed by atoms with Crippen LogP contribution in [0.25, 0.3) is 0 Å². The number of carbonyl (C=O) groups is 1. The molecule has 1 amide bonds. The lowest BCUT2D eigenvalue weighted by molar-refractivity contribution is -0.137. The Morgan fingerprint density at radius 1 is 1.07 bits per heavy atom. The number of nitrogens with zero attached hydrogens (tertiary/aromatic N) is 3. The molecule has 0 spiro atoms. The molecule has 3 aromatic rings. The number of anilines is 4. The van der Waals surface area contributed by atoms with Crippen LogP contribution >= 0.6 is 7.60 Å². The normalized spacial score (nSPS) is 20.1. The summed E-state index contributed by atoms with van der Waals surface area (Å²) in [6, 6.07) is 10.2. The molecule has 46 heavy (non-hydrogen) atoms. The minimum atomic E-state index is -4.76. The van der Waals surface area contributed by atoms with Crippen molar-refractivity contribution in [3.8, 4) is 0 Å². The standard InChI is InChI=1S/C32H39F3N5O5P/c1-5-44-46(43,45-6-2)19-20-7-9-22(10-8-20)37-30-36-17-25(32(33,34)35)28(39-30)38-26-12-11-23(21-13-15-31(3,42)16-14-21)24-18-40(4)29(41)27(24)26/h7-12,17,21,42H,5-6,13-16,18-19H2,1-4H3,(H2,36,37,38,39)/t21-,31+. The van der Waals surface area contributed by atoms with E-state index in [9.17, 15) is 27.6 Å². The lowest BCUT2D eigenvalue weighted by Gasteiger charge is -2.34. The van der Waals surface area contributed by atoms with Gasteiger partial charge in [-0.15, -0.1) is 0 Å². The average Bonchev–Trinajstić information content (AvgIpc) is 3.28. The van der Waals surface area contributed by atoms with Gasteiger partial charge in [-0.25, -0.2) is 4.98 Å². The van der Waals surface area contributed by atoms with E-state index in [0.717, 1.165) is 24.0 Å². The molecule has 2 aliphatic rings. The fraction of sp³-hybridized carbons (Fsp3) is 0.469. The monoisotopic (exact) mass is 661 g/mol. The predicted molar refractivity (Wildman–Crippen MR) is 169 cm³/mol. The second-order valence-electron chi connectivity index (χ2n) is 12.0. The molecule has 14 heteroatoms. The summed E-state index contributed by atoms with van der Waals surface area (Å²) < 4.78 is 65.9. The molecule has 2 heterocycles. The molecule has 0 atom stereocenters. The topological polar surface area (TPSA) is 126 Å². The molecule has 2 aromatic carbocycles. The largest absolute Gasteiger partial charge is 0.421 e. The number of benzene rings is 2. The van der Waals surface area contributed by atoms with E-state index in [1.54, 1.807) is 56.1 Å². The fourth-order valence-corrected chi connectivity index (χ4v) is 7.76. The van der Waals surface area contributed by atoms with Gasteiger partial charge < -0.3 is 29.7 Å². The minimum absolute atomic E-state index is 0.0678. The quantitative estimate of drug-likeness (QED) is 0.177. The molecular formula is C32H39F3N5O5P. The summed E-state index contributed by atoms with van der Waals surface area (Å²) in [5, 5.41) is 16.1. The number of aromatic nitrogens is 2. The molecule has 10 nitrogen and oxygen atoms in total. The second kappa shape index (κ2) is 13.3. The summed E-state index contributed by atoms with van der Waals surface area (Å²) in [6.45, 7) is 6.10. The number of fused-ring (bicyclic) bond motifs is 1. The minimum Gasteiger partial charge on any atom is -0.390 e. The van der Waals surface area contributed by atoms with Crippen molar-refractivity contribution in [2.45, 2.75) is 76.9 Å². The summed E-state index contributed by atoms with van der Waals surface area (Å²) in [7, 11) is -1.65. The van der Waals surface area contributed by atoms with E-state index in [1.165, 1.54) is 0 Å². The molecular weight excluding hydrogens is 622 g/mol. The van der Waals surface area contributed by atoms with Gasteiger partial charge in [-0.1, -0.05) is 18.2 Å². The van der Waals surface area contributed by atoms with Crippen LogP contribution in [0, 0.1) is 0 Å². The Bertz CT molecular complexity index is 1610. The highest BCUT2D eigenvalue weighted by molar-refractivity contribution is 7.53. The highest BCUT2D eigenvalue weighted by atomic mass is 31.2. The number of hydrogen-bond donors (Lipinski definition) is 3. The lowest BCUT2D eigenvalue weighted by Crippen LogP contribution is -2.29. The smallest absolute Gasteiger partial charge is 0.390 e. The number of rotatable bonds is 11. The van der Waals surface area contributed by atoms with E-state index in [2.05, 4.69) is 20.6 Å². The van der Waals surface area contributed by atoms with Gasteiger partial charge in [0.05, 0.1) is 36.2 Å². The van der Waals surface area contributed by atoms with Crippen LogP contribution in [0.1, 0.15) is 85.0 Å². The van der Waals surface area contributed by atoms with Crippen LogP contribution in [0.2, 0.25) is 0 Å². The Hall–Kier alpha value is -3.51. The van der Waals surface area contributed by atoms with Crippen molar-refractivity contribution < 1.29 is 36.7 Å². The van der Waals surface area contributed by atoms with Gasteiger partial charge in [-0.3, -0.25) is 9.36 Å². The van der Waals surface area contributed by atoms with Crippen LogP contribution in [0.3, 0.4) is 0 Å². The molecule has 0 radical (unpaired) electrons. The van der Waals surface area contributed by atoms with E-state index in [1.807, 2.05) is 13.0 Å². The molecule has 1 fully saturated rings. The van der Waals surface area contributed by atoms with Gasteiger partial charge in [-0.05, 0) is 87.3 Å². The first-order valence-electron chi connectivity index (χ1n) is 15.3. The maximum atomic E-state index is 14.1. The zero-order chi connectivity index (χ0) is 33.3. The summed E-state index contributed by atoms with van der Waals surface area (Å²) in [6.07, 6.45) is -1.23. The molecule has 1 aliphatic carbocycles. The Balaban J connectivity index is 1.42. The van der Waals surface area contributed by atoms with Crippen LogP contribution in [0.4, 0.5) is 36.3 Å². The van der Waals surface area contributed by atoms with Gasteiger partial charge in [0.2, 0.25) is 5.95 Å². The number of halogens is 3. The molecule has 0 unspecified atom stereocenters. The Morgan fingerprint density at radius 3 is 2.33 bits per heavy atom. The Labute approximate surface area is 266 Å². The first-order valence-corrected chi connectivity index (χ1v) is 17.0. The van der Waals surface area contributed by atoms with E-state index in [-0.39, 0.29) is 42.8 Å². The number of aliphatic hydroxyl groups is 1. The highest BCUT2D eigenvalue weighted by Gasteiger charge is 2.38. The van der Waals surface area contributed by atoms with Crippen molar-refractivity contribution in [3.05, 3.63) is 70.4 Å². The summed E-state index contributed by atoms with van der Waals surface area (Å²) >= 11 is 0. The summed E-state index contributed by atoms with van der Waals surface area (Å²) in [5.74, 6) is -0.744. The van der Waals surface area contributed by atoms with Gasteiger partial charge in [0.15, 0.2) is 0 Å². The number of carbonyl (C=O) groups excluding carboxylic acids is 1. The van der Waals surface area contributed by atoms with Gasteiger partial charge in [0.25, 0.3) is 5.91 Å². The summed E-state index contributed by atoms with van der Waals surface area (Å²) in [5.41, 5.74) is 1.69. The van der Waals surface area contributed by atoms with Crippen LogP contribution < -0.4 is 10.6 Å². The van der Waals surface area contributed by atoms with Crippen molar-refractivity contribution in [2.24, 2.45) is 0 Å². The molecule has 0 bridgehead atoms. The zero-order valence-corrected chi connectivity index (χ0v) is 27.2. The Kier molecular flexibility index (Phi) is 9.79. The third-order valence-corrected chi connectivity index (χ3v) is 10.4. The van der Waals surface area contributed by atoms with Gasteiger partial charge >= 0.3 is 13.8 Å². The second-order valence-corrected chi connectivity index (χ2v) is 14.0. The predicted octanol–water partition coefficient (Wildman–Crippen LogP) is 7.74. The first-order chi connectivity index (χ1) is 21.7. The first kappa shape index (κ1) is 33.8. The van der Waals surface area contributed by atoms with Crippen molar-refractivity contribution in [1.29, 1.82) is 0 Å². The molecule has 0 saturated heterocycles. The lowest BCUT2D eigenvalue weighted by atomic mass is 9.75. The third kappa shape index (κ3) is 7.54. The van der Waals surface area contributed by atoms with Gasteiger partial charge in [-0.2, -0.15) is 18.2 Å². The Morgan fingerprint density at radius 2 is 1.72 bits per heavy atom. The van der Waals surface area contributed by atoms with Crippen molar-refractivity contribution in [3.63, 3.8) is 0 Å². The number of alkyl halides is 3. The number of nitrogens with one attached hydrogen (secondary N) is 2. The molecule has 5 rings (SSSR count). The van der Waals surface area contributed by atoms with E-state index in [0.29, 0.717) is 42.4 Å². The summed E-state index contributed by atoms with van der Waals surface area (Å²) in [4.78, 5) is 22.9. The average molecular weight is 662 g/mol. The van der Waals surface area contributed by atoms with E-state index >= 15 is 0 Å². The number of hydrogen-bond acceptors (Lipinski definition) is 9. The fourth-order valence-electron chi connectivity index (χ4n) is 6.06. The molecule has 1 aromatic heterocycles. The number of amides is 1. The van der Waals surface area contributed by atoms with Crippen LogP contribution in [0.5, 0.6) is 0 Å². The van der Waals surface area contributed by atoms with Gasteiger partial charge in [0.1, 0.15) is 11.4 Å². The highest BCUT2D eigenvalue weighted by Crippen LogP contribution is 2.51. The molecule has 248 valence electrons. The van der Waals surface area contributed by atoms with Crippen LogP contribution in [-0.2, 0) is 32.5 Å². The molecule has 1 saturated carbocycles. The van der Waals surface area contributed by atoms with E-state index < -0.39 is 30.8 Å². The third-order valence-electron chi connectivity index (χ3n) is 8.39. The molecule has 3 N–H and O–H groups in total. The van der Waals surface area contributed by atoms with Crippen molar-refractivity contribution in [1.82, 2.24) is 14.9 Å². The van der Waals surface area contributed by atoms with Crippen LogP contribution in [-0.4, -0.2) is 51.7 Å². The maximum Gasteiger partial charge on any atom is 0.421 e. The van der Waals surface area contributed by atoms with Crippen molar-refractivity contribution >= 4 is 36.6 Å². The SMILES string of the molecule is CCOP(=O)(Cc1ccc(Nc2ncc(C(F)(F)F)c(Nc3ccc([C@H]4CC[C@@](C)(O)CC4)c4c3C(=O)N(C)C4)n2)cc1)OCC. The van der Waals surface area contributed by atoms with Crippen LogP contribution in [0.15, 0.2) is 42.6 Å². The van der Waals surface area contributed by atoms with Gasteiger partial charge in [0, 0.05) is 25.5 Å². The van der Waals surface area contributed by atoms with E-state index in [4.69, 9.17) is 9.05 Å².